The number of rotatable bonds is 8. The van der Waals surface area contributed by atoms with Crippen molar-refractivity contribution in [2.45, 2.75) is 26.1 Å². The van der Waals surface area contributed by atoms with Crippen LogP contribution in [0.4, 0.5) is 13.2 Å². The summed E-state index contributed by atoms with van der Waals surface area (Å²) in [6.07, 6.45) is -4.28. The van der Waals surface area contributed by atoms with E-state index in [0.717, 1.165) is 16.8 Å². The molecule has 1 atom stereocenters. The number of fused-ring (bicyclic) bond motifs is 1. The summed E-state index contributed by atoms with van der Waals surface area (Å²) in [5, 5.41) is 4.59. The molecule has 0 bridgehead atoms. The summed E-state index contributed by atoms with van der Waals surface area (Å²) in [5.41, 5.74) is -0.760. The van der Waals surface area contributed by atoms with Crippen molar-refractivity contribution < 1.29 is 32.2 Å². The zero-order valence-electron chi connectivity index (χ0n) is 21.5. The van der Waals surface area contributed by atoms with Gasteiger partial charge in [-0.05, 0) is 55.8 Å². The summed E-state index contributed by atoms with van der Waals surface area (Å²) >= 11 is 6.43. The Bertz CT molecular complexity index is 1650. The number of aromatic nitrogens is 2. The summed E-state index contributed by atoms with van der Waals surface area (Å²) in [7, 11) is 1.23. The third-order valence-corrected chi connectivity index (χ3v) is 5.96. The van der Waals surface area contributed by atoms with Crippen LogP contribution in [0.25, 0.3) is 22.3 Å². The van der Waals surface area contributed by atoms with E-state index in [9.17, 15) is 22.8 Å². The first-order chi connectivity index (χ1) is 19.0. The molecule has 8 nitrogen and oxygen atoms in total. The lowest BCUT2D eigenvalue weighted by molar-refractivity contribution is -0.148. The lowest BCUT2D eigenvalue weighted by atomic mass is 10.1. The van der Waals surface area contributed by atoms with Gasteiger partial charge in [0, 0.05) is 5.56 Å². The third-order valence-electron chi connectivity index (χ3n) is 5.68. The summed E-state index contributed by atoms with van der Waals surface area (Å²) < 4.78 is 57.2. The van der Waals surface area contributed by atoms with Crippen LogP contribution in [0.15, 0.2) is 70.6 Å². The molecule has 40 heavy (non-hydrogen) atoms. The molecule has 4 aromatic rings. The van der Waals surface area contributed by atoms with Crippen LogP contribution in [0.5, 0.6) is 11.5 Å². The number of methoxy groups -OCH3 is 1. The molecule has 0 fully saturated rings. The summed E-state index contributed by atoms with van der Waals surface area (Å²) in [4.78, 5) is 29.7. The summed E-state index contributed by atoms with van der Waals surface area (Å²) in [6.45, 7) is 3.47. The fourth-order valence-electron chi connectivity index (χ4n) is 3.81. The maximum atomic E-state index is 13.4. The van der Waals surface area contributed by atoms with E-state index in [1.54, 1.807) is 31.2 Å². The molecular formula is C28H23ClF3N3O5. The highest BCUT2D eigenvalue weighted by atomic mass is 35.5. The SMILES string of the molecule is CCOc1cc(C=Nn2c(-c3cccc(C(F)(F)F)c3)nc3ccccc3c2=O)cc(Cl)c1O[C@@H](C)C(=O)OC. The predicted octanol–water partition coefficient (Wildman–Crippen LogP) is 5.96. The van der Waals surface area contributed by atoms with Crippen LogP contribution in [-0.4, -0.2) is 41.7 Å². The van der Waals surface area contributed by atoms with Gasteiger partial charge in [-0.3, -0.25) is 4.79 Å². The third kappa shape index (κ3) is 6.09. The van der Waals surface area contributed by atoms with E-state index < -0.39 is 29.4 Å². The van der Waals surface area contributed by atoms with E-state index in [0.29, 0.717) is 11.1 Å². The Morgan fingerprint density at radius 3 is 2.60 bits per heavy atom. The van der Waals surface area contributed by atoms with Crippen LogP contribution in [-0.2, 0) is 15.7 Å². The maximum Gasteiger partial charge on any atom is 0.416 e. The number of hydrogen-bond acceptors (Lipinski definition) is 7. The van der Waals surface area contributed by atoms with Gasteiger partial charge in [-0.2, -0.15) is 22.9 Å². The van der Waals surface area contributed by atoms with Crippen molar-refractivity contribution in [3.63, 3.8) is 0 Å². The first kappa shape index (κ1) is 28.6. The number of esters is 1. The molecule has 0 saturated carbocycles. The van der Waals surface area contributed by atoms with Crippen LogP contribution in [0.1, 0.15) is 25.0 Å². The smallest absolute Gasteiger partial charge is 0.416 e. The number of nitrogens with zero attached hydrogens (tertiary/aromatic N) is 3. The van der Waals surface area contributed by atoms with E-state index in [-0.39, 0.29) is 39.9 Å². The molecule has 0 amide bonds. The van der Waals surface area contributed by atoms with Crippen molar-refractivity contribution in [2.75, 3.05) is 13.7 Å². The number of benzene rings is 3. The van der Waals surface area contributed by atoms with Crippen LogP contribution in [0.3, 0.4) is 0 Å². The maximum absolute atomic E-state index is 13.4. The van der Waals surface area contributed by atoms with Crippen LogP contribution in [0.2, 0.25) is 5.02 Å². The molecule has 0 N–H and O–H groups in total. The molecule has 208 valence electrons. The Morgan fingerprint density at radius 1 is 1.15 bits per heavy atom. The van der Waals surface area contributed by atoms with Gasteiger partial charge in [-0.15, -0.1) is 0 Å². The van der Waals surface area contributed by atoms with E-state index in [2.05, 4.69) is 14.8 Å². The van der Waals surface area contributed by atoms with Gasteiger partial charge in [0.15, 0.2) is 23.4 Å². The molecule has 12 heteroatoms. The number of ether oxygens (including phenoxy) is 3. The van der Waals surface area contributed by atoms with Gasteiger partial charge in [0.05, 0.1) is 41.4 Å². The van der Waals surface area contributed by atoms with Gasteiger partial charge in [0.1, 0.15) is 0 Å². The quantitative estimate of drug-likeness (QED) is 0.191. The Labute approximate surface area is 231 Å². The minimum Gasteiger partial charge on any atom is -0.490 e. The van der Waals surface area contributed by atoms with Gasteiger partial charge < -0.3 is 14.2 Å². The topological polar surface area (TPSA) is 92.0 Å². The average Bonchev–Trinajstić information content (AvgIpc) is 2.93. The molecule has 0 saturated heterocycles. The van der Waals surface area contributed by atoms with Gasteiger partial charge in [-0.1, -0.05) is 35.9 Å². The number of para-hydroxylation sites is 1. The average molecular weight is 574 g/mol. The van der Waals surface area contributed by atoms with Crippen LogP contribution >= 0.6 is 11.6 Å². The largest absolute Gasteiger partial charge is 0.490 e. The first-order valence-corrected chi connectivity index (χ1v) is 12.4. The summed E-state index contributed by atoms with van der Waals surface area (Å²) in [5.74, 6) is -0.398. The second-order valence-corrected chi connectivity index (χ2v) is 8.85. The molecule has 4 rings (SSSR count). The Kier molecular flexibility index (Phi) is 8.43. The van der Waals surface area contributed by atoms with Crippen molar-refractivity contribution in [2.24, 2.45) is 5.10 Å². The number of carbonyl (C=O) groups is 1. The standard InChI is InChI=1S/C28H23ClF3N3O5/c1-4-39-23-13-17(12-21(29)24(23)40-16(2)27(37)38-3)15-33-35-25(18-8-7-9-19(14-18)28(30,31)32)34-22-11-6-5-10-20(22)26(35)36/h5-16H,4H2,1-3H3/t16-/m0/s1. The zero-order valence-corrected chi connectivity index (χ0v) is 22.3. The Morgan fingerprint density at radius 2 is 1.90 bits per heavy atom. The number of halogens is 4. The predicted molar refractivity (Wildman–Crippen MR) is 144 cm³/mol. The Hall–Kier alpha value is -4.38. The minimum absolute atomic E-state index is 0.0448. The van der Waals surface area contributed by atoms with Gasteiger partial charge in [0.25, 0.3) is 5.56 Å². The molecule has 0 aliphatic rings. The molecule has 0 spiro atoms. The molecule has 1 aromatic heterocycles. The Balaban J connectivity index is 1.84. The fraction of sp³-hybridized carbons (Fsp3) is 0.214. The van der Waals surface area contributed by atoms with E-state index >= 15 is 0 Å². The summed E-state index contributed by atoms with van der Waals surface area (Å²) in [6, 6.07) is 13.9. The van der Waals surface area contributed by atoms with Crippen molar-refractivity contribution >= 4 is 34.7 Å². The van der Waals surface area contributed by atoms with Gasteiger partial charge in [-0.25, -0.2) is 9.78 Å². The van der Waals surface area contributed by atoms with Crippen molar-refractivity contribution in [3.05, 3.63) is 87.2 Å². The first-order valence-electron chi connectivity index (χ1n) is 12.0. The highest BCUT2D eigenvalue weighted by Crippen LogP contribution is 2.37. The zero-order chi connectivity index (χ0) is 29.0. The van der Waals surface area contributed by atoms with Gasteiger partial charge >= 0.3 is 12.1 Å². The monoisotopic (exact) mass is 573 g/mol. The van der Waals surface area contributed by atoms with Crippen LogP contribution in [0, 0.1) is 0 Å². The highest BCUT2D eigenvalue weighted by molar-refractivity contribution is 6.32. The normalized spacial score (nSPS) is 12.5. The second-order valence-electron chi connectivity index (χ2n) is 8.44. The molecule has 0 unspecified atom stereocenters. The van der Waals surface area contributed by atoms with E-state index in [1.165, 1.54) is 44.5 Å². The molecule has 0 aliphatic carbocycles. The molecule has 1 heterocycles. The van der Waals surface area contributed by atoms with Crippen molar-refractivity contribution in [1.29, 1.82) is 0 Å². The van der Waals surface area contributed by atoms with E-state index in [1.807, 2.05) is 0 Å². The van der Waals surface area contributed by atoms with Crippen molar-refractivity contribution in [1.82, 2.24) is 9.66 Å². The molecular weight excluding hydrogens is 551 g/mol. The number of carbonyl (C=O) groups excluding carboxylic acids is 1. The van der Waals surface area contributed by atoms with Crippen LogP contribution < -0.4 is 15.0 Å². The minimum atomic E-state index is -4.59. The van der Waals surface area contributed by atoms with Crippen molar-refractivity contribution in [3.8, 4) is 22.9 Å². The molecule has 0 radical (unpaired) electrons. The number of hydrogen-bond donors (Lipinski definition) is 0. The lowest BCUT2D eigenvalue weighted by Gasteiger charge is -2.17. The molecule has 0 aliphatic heterocycles. The number of alkyl halides is 3. The lowest BCUT2D eigenvalue weighted by Crippen LogP contribution is -2.25. The van der Waals surface area contributed by atoms with E-state index in [4.69, 9.17) is 21.1 Å². The van der Waals surface area contributed by atoms with Gasteiger partial charge in [0.2, 0.25) is 0 Å². The fourth-order valence-corrected chi connectivity index (χ4v) is 4.07. The highest BCUT2D eigenvalue weighted by Gasteiger charge is 2.31. The molecule has 3 aromatic carbocycles. The second kappa shape index (κ2) is 11.8.